The van der Waals surface area contributed by atoms with Crippen LogP contribution in [0.5, 0.6) is 0 Å². The standard InChI is InChI=1S/C30H28N8O4/c39-26-8-7-25(28(40)34-26)38-29(41)19-4-3-17(11-20(19)30(38)42)31-12-15-9-18(10-15)37-14-21(27(36-37)16-1-2-16)22-5-6-23-24(33-22)13-32-35-23/h3-6,11,13-16,18,25,31H,1-2,7-10,12H2,(H,32,35)(H,34,39,40)/t15-,18-,25?. The van der Waals surface area contributed by atoms with Crippen molar-refractivity contribution in [1.82, 2.24) is 35.2 Å². The average Bonchev–Trinajstić information content (AvgIpc) is 3.44. The molecule has 3 N–H and O–H groups in total. The van der Waals surface area contributed by atoms with E-state index in [1.54, 1.807) is 24.4 Å². The predicted octanol–water partition coefficient (Wildman–Crippen LogP) is 3.16. The van der Waals surface area contributed by atoms with E-state index in [1.165, 1.54) is 0 Å². The number of imide groups is 2. The van der Waals surface area contributed by atoms with Gasteiger partial charge in [-0.2, -0.15) is 10.2 Å². The Morgan fingerprint density at radius 3 is 2.60 bits per heavy atom. The zero-order valence-corrected chi connectivity index (χ0v) is 22.7. The number of amides is 4. The van der Waals surface area contributed by atoms with Gasteiger partial charge in [-0.25, -0.2) is 4.98 Å². The zero-order chi connectivity index (χ0) is 28.5. The van der Waals surface area contributed by atoms with Gasteiger partial charge in [0.15, 0.2) is 0 Å². The summed E-state index contributed by atoms with van der Waals surface area (Å²) in [6.45, 7) is 0.733. The van der Waals surface area contributed by atoms with Crippen molar-refractivity contribution in [3.63, 3.8) is 0 Å². The molecule has 1 saturated heterocycles. The van der Waals surface area contributed by atoms with E-state index in [2.05, 4.69) is 31.7 Å². The molecule has 2 aliphatic carbocycles. The second-order valence-corrected chi connectivity index (χ2v) is 11.8. The molecule has 42 heavy (non-hydrogen) atoms. The number of aromatic nitrogens is 5. The molecule has 1 aromatic carbocycles. The van der Waals surface area contributed by atoms with Crippen molar-refractivity contribution in [1.29, 1.82) is 0 Å². The Balaban J connectivity index is 0.921. The molecule has 12 heteroatoms. The van der Waals surface area contributed by atoms with Crippen LogP contribution in [0.2, 0.25) is 0 Å². The van der Waals surface area contributed by atoms with Crippen LogP contribution in [0.4, 0.5) is 5.69 Å². The molecule has 5 heterocycles. The van der Waals surface area contributed by atoms with Crippen molar-refractivity contribution in [3.05, 3.63) is 59.5 Å². The van der Waals surface area contributed by atoms with Gasteiger partial charge in [0.1, 0.15) is 11.6 Å². The number of aromatic amines is 1. The molecule has 4 amide bonds. The first kappa shape index (κ1) is 24.9. The molecule has 2 saturated carbocycles. The van der Waals surface area contributed by atoms with E-state index in [0.717, 1.165) is 70.8 Å². The first-order valence-corrected chi connectivity index (χ1v) is 14.4. The molecule has 212 valence electrons. The van der Waals surface area contributed by atoms with E-state index in [1.807, 2.05) is 12.1 Å². The Morgan fingerprint density at radius 2 is 1.79 bits per heavy atom. The quantitative estimate of drug-likeness (QED) is 0.289. The second-order valence-electron chi connectivity index (χ2n) is 11.8. The first-order chi connectivity index (χ1) is 20.4. The summed E-state index contributed by atoms with van der Waals surface area (Å²) in [6, 6.07) is 8.50. The molecule has 3 aromatic heterocycles. The van der Waals surface area contributed by atoms with Crippen LogP contribution in [0, 0.1) is 5.92 Å². The topological polar surface area (TPSA) is 155 Å². The lowest BCUT2D eigenvalue weighted by molar-refractivity contribution is -0.136. The Kier molecular flexibility index (Phi) is 5.53. The van der Waals surface area contributed by atoms with Crippen molar-refractivity contribution in [2.75, 3.05) is 11.9 Å². The number of nitrogens with one attached hydrogen (secondary N) is 3. The molecule has 4 aliphatic rings. The molecule has 1 atom stereocenters. The minimum atomic E-state index is -0.967. The summed E-state index contributed by atoms with van der Waals surface area (Å²) in [6.07, 6.45) is 8.42. The van der Waals surface area contributed by atoms with Crippen molar-refractivity contribution in [3.8, 4) is 11.3 Å². The third kappa shape index (κ3) is 4.08. The fourth-order valence-corrected chi connectivity index (χ4v) is 6.36. The number of piperidine rings is 1. The maximum atomic E-state index is 13.1. The number of hydrogen-bond donors (Lipinski definition) is 3. The van der Waals surface area contributed by atoms with Crippen LogP contribution in [0.1, 0.15) is 76.9 Å². The van der Waals surface area contributed by atoms with Gasteiger partial charge in [-0.3, -0.25) is 39.2 Å². The molecular weight excluding hydrogens is 536 g/mol. The van der Waals surface area contributed by atoms with E-state index < -0.39 is 29.7 Å². The first-order valence-electron chi connectivity index (χ1n) is 14.4. The normalized spacial score (nSPS) is 23.7. The van der Waals surface area contributed by atoms with Crippen LogP contribution in [0.3, 0.4) is 0 Å². The summed E-state index contributed by atoms with van der Waals surface area (Å²) in [4.78, 5) is 55.7. The van der Waals surface area contributed by atoms with Crippen LogP contribution in [0.25, 0.3) is 22.3 Å². The van der Waals surface area contributed by atoms with Gasteiger partial charge in [0, 0.05) is 36.3 Å². The SMILES string of the molecule is O=C1CCC(N2C(=O)c3ccc(NC[C@H]4C[C@H](n5cc(-c6ccc7[nH]ncc7n6)c(C6CC6)n5)C4)cc3C2=O)C(=O)N1. The Morgan fingerprint density at radius 1 is 0.952 bits per heavy atom. The molecule has 0 spiro atoms. The van der Waals surface area contributed by atoms with Crippen molar-refractivity contribution in [2.24, 2.45) is 5.92 Å². The maximum absolute atomic E-state index is 13.1. The van der Waals surface area contributed by atoms with Gasteiger partial charge in [0.2, 0.25) is 11.8 Å². The third-order valence-electron chi connectivity index (χ3n) is 8.92. The number of H-pyrrole nitrogens is 1. The third-order valence-corrected chi connectivity index (χ3v) is 8.92. The summed E-state index contributed by atoms with van der Waals surface area (Å²) in [5.74, 6) is -1.05. The highest BCUT2D eigenvalue weighted by Crippen LogP contribution is 2.45. The highest BCUT2D eigenvalue weighted by Gasteiger charge is 2.44. The molecule has 3 fully saturated rings. The summed E-state index contributed by atoms with van der Waals surface area (Å²) in [7, 11) is 0. The molecule has 12 nitrogen and oxygen atoms in total. The van der Waals surface area contributed by atoms with Gasteiger partial charge >= 0.3 is 0 Å². The largest absolute Gasteiger partial charge is 0.385 e. The van der Waals surface area contributed by atoms with Crippen LogP contribution in [-0.2, 0) is 9.59 Å². The highest BCUT2D eigenvalue weighted by molar-refractivity contribution is 6.23. The van der Waals surface area contributed by atoms with Crippen molar-refractivity contribution < 1.29 is 19.2 Å². The summed E-state index contributed by atoms with van der Waals surface area (Å²) >= 11 is 0. The van der Waals surface area contributed by atoms with E-state index >= 15 is 0 Å². The van der Waals surface area contributed by atoms with Gasteiger partial charge in [0.25, 0.3) is 11.8 Å². The average molecular weight is 565 g/mol. The lowest BCUT2D eigenvalue weighted by atomic mass is 9.80. The van der Waals surface area contributed by atoms with Crippen LogP contribution < -0.4 is 10.6 Å². The van der Waals surface area contributed by atoms with Crippen LogP contribution >= 0.6 is 0 Å². The second kappa shape index (κ2) is 9.33. The number of fused-ring (bicyclic) bond motifs is 2. The van der Waals surface area contributed by atoms with Gasteiger partial charge in [0.05, 0.1) is 40.3 Å². The molecule has 4 aromatic rings. The minimum absolute atomic E-state index is 0.0959. The van der Waals surface area contributed by atoms with Crippen LogP contribution in [-0.4, -0.2) is 66.1 Å². The maximum Gasteiger partial charge on any atom is 0.262 e. The number of hydrogen-bond acceptors (Lipinski definition) is 8. The fourth-order valence-electron chi connectivity index (χ4n) is 6.36. The molecule has 0 radical (unpaired) electrons. The van der Waals surface area contributed by atoms with E-state index in [9.17, 15) is 19.2 Å². The molecular formula is C30H28N8O4. The van der Waals surface area contributed by atoms with E-state index in [0.29, 0.717) is 17.9 Å². The number of carbonyl (C=O) groups is 4. The number of anilines is 1. The summed E-state index contributed by atoms with van der Waals surface area (Å²) in [5.41, 5.74) is 6.23. The number of pyridine rings is 1. The van der Waals surface area contributed by atoms with Gasteiger partial charge < -0.3 is 5.32 Å². The van der Waals surface area contributed by atoms with E-state index in [4.69, 9.17) is 10.1 Å². The van der Waals surface area contributed by atoms with Crippen molar-refractivity contribution >= 4 is 40.3 Å². The summed E-state index contributed by atoms with van der Waals surface area (Å²) < 4.78 is 2.12. The van der Waals surface area contributed by atoms with Crippen LogP contribution in [0.15, 0.2) is 42.7 Å². The number of carbonyl (C=O) groups excluding carboxylic acids is 4. The number of rotatable bonds is 7. The Bertz CT molecular complexity index is 1800. The zero-order valence-electron chi connectivity index (χ0n) is 22.7. The van der Waals surface area contributed by atoms with Gasteiger partial charge in [-0.15, -0.1) is 0 Å². The fraction of sp³-hybridized carbons (Fsp3) is 0.367. The monoisotopic (exact) mass is 564 g/mol. The Labute approximate surface area is 239 Å². The number of benzene rings is 1. The molecule has 2 aliphatic heterocycles. The lowest BCUT2D eigenvalue weighted by Gasteiger charge is -2.35. The van der Waals surface area contributed by atoms with E-state index in [-0.39, 0.29) is 24.0 Å². The highest BCUT2D eigenvalue weighted by atomic mass is 16.2. The molecule has 1 unspecified atom stereocenters. The minimum Gasteiger partial charge on any atom is -0.385 e. The Hall–Kier alpha value is -4.87. The van der Waals surface area contributed by atoms with Gasteiger partial charge in [-0.1, -0.05) is 0 Å². The molecule has 8 rings (SSSR count). The summed E-state index contributed by atoms with van der Waals surface area (Å²) in [5, 5.41) is 17.7. The predicted molar refractivity (Wildman–Crippen MR) is 150 cm³/mol. The lowest BCUT2D eigenvalue weighted by Crippen LogP contribution is -2.54. The molecule has 0 bridgehead atoms. The smallest absolute Gasteiger partial charge is 0.262 e. The van der Waals surface area contributed by atoms with Crippen molar-refractivity contribution in [2.45, 2.75) is 56.5 Å². The van der Waals surface area contributed by atoms with Gasteiger partial charge in [-0.05, 0) is 68.4 Å². The number of nitrogens with zero attached hydrogens (tertiary/aromatic N) is 5.